The summed E-state index contributed by atoms with van der Waals surface area (Å²) in [6, 6.07) is 0.196. The molecule has 0 saturated heterocycles. The number of nitrogens with two attached hydrogens (primary N) is 1. The normalized spacial score (nSPS) is 19.3. The fourth-order valence-corrected chi connectivity index (χ4v) is 3.54. The minimum absolute atomic E-state index is 0.0171. The second-order valence-electron chi connectivity index (χ2n) is 6.16. The standard InChI is InChI=1S/C16H31N3O2/c1-4-13(12-10-8-7-9-11-12)18-15(20)16(5-2,6-3)14(17)19-21/h12-13,21H,4-11H2,1-3H3,(H2,17,19)(H,18,20). The van der Waals surface area contributed by atoms with E-state index in [1.165, 1.54) is 32.1 Å². The van der Waals surface area contributed by atoms with Gasteiger partial charge in [0.15, 0.2) is 5.84 Å². The van der Waals surface area contributed by atoms with Crippen molar-refractivity contribution in [2.45, 2.75) is 78.2 Å². The predicted octanol–water partition coefficient (Wildman–Crippen LogP) is 3.01. The zero-order valence-corrected chi connectivity index (χ0v) is 13.7. The number of amidine groups is 1. The van der Waals surface area contributed by atoms with Crippen molar-refractivity contribution in [3.63, 3.8) is 0 Å². The molecule has 0 heterocycles. The molecule has 4 N–H and O–H groups in total. The van der Waals surface area contributed by atoms with Crippen LogP contribution in [0.4, 0.5) is 0 Å². The Morgan fingerprint density at radius 2 is 1.86 bits per heavy atom. The van der Waals surface area contributed by atoms with Crippen molar-refractivity contribution in [3.05, 3.63) is 0 Å². The van der Waals surface area contributed by atoms with Crippen LogP contribution in [0.15, 0.2) is 5.16 Å². The monoisotopic (exact) mass is 297 g/mol. The number of nitrogens with one attached hydrogen (secondary N) is 1. The van der Waals surface area contributed by atoms with Gasteiger partial charge in [0.05, 0.1) is 0 Å². The van der Waals surface area contributed by atoms with Crippen LogP contribution in [0.1, 0.15) is 72.1 Å². The van der Waals surface area contributed by atoms with Gasteiger partial charge in [0.2, 0.25) is 5.91 Å². The Hall–Kier alpha value is -1.26. The highest BCUT2D eigenvalue weighted by Gasteiger charge is 2.41. The van der Waals surface area contributed by atoms with E-state index in [2.05, 4.69) is 17.4 Å². The zero-order valence-electron chi connectivity index (χ0n) is 13.7. The number of carbonyl (C=O) groups is 1. The molecule has 1 aliphatic carbocycles. The van der Waals surface area contributed by atoms with Crippen LogP contribution in [0.25, 0.3) is 0 Å². The highest BCUT2D eigenvalue weighted by Crippen LogP contribution is 2.31. The van der Waals surface area contributed by atoms with Crippen LogP contribution in [0.2, 0.25) is 0 Å². The van der Waals surface area contributed by atoms with E-state index in [0.29, 0.717) is 18.8 Å². The van der Waals surface area contributed by atoms with Crippen molar-refractivity contribution in [1.82, 2.24) is 5.32 Å². The fraction of sp³-hybridized carbons (Fsp3) is 0.875. The van der Waals surface area contributed by atoms with Gasteiger partial charge >= 0.3 is 0 Å². The lowest BCUT2D eigenvalue weighted by molar-refractivity contribution is -0.129. The molecule has 5 nitrogen and oxygen atoms in total. The van der Waals surface area contributed by atoms with Gasteiger partial charge in [0.25, 0.3) is 0 Å². The number of oxime groups is 1. The molecule has 0 aromatic rings. The molecule has 0 bridgehead atoms. The van der Waals surface area contributed by atoms with Crippen LogP contribution in [0, 0.1) is 11.3 Å². The summed E-state index contributed by atoms with van der Waals surface area (Å²) in [6.45, 7) is 5.92. The van der Waals surface area contributed by atoms with Gasteiger partial charge < -0.3 is 16.3 Å². The van der Waals surface area contributed by atoms with Gasteiger partial charge in [-0.15, -0.1) is 0 Å². The van der Waals surface area contributed by atoms with Crippen molar-refractivity contribution >= 4 is 11.7 Å². The van der Waals surface area contributed by atoms with E-state index in [1.807, 2.05) is 13.8 Å². The van der Waals surface area contributed by atoms with Crippen molar-refractivity contribution in [3.8, 4) is 0 Å². The Morgan fingerprint density at radius 3 is 2.29 bits per heavy atom. The maximum absolute atomic E-state index is 12.8. The summed E-state index contributed by atoms with van der Waals surface area (Å²) >= 11 is 0. The molecule has 0 aromatic carbocycles. The number of hydrogen-bond donors (Lipinski definition) is 3. The Labute approximate surface area is 128 Å². The smallest absolute Gasteiger partial charge is 0.234 e. The molecule has 122 valence electrons. The number of nitrogens with zero attached hydrogens (tertiary/aromatic N) is 1. The van der Waals surface area contributed by atoms with Crippen LogP contribution >= 0.6 is 0 Å². The summed E-state index contributed by atoms with van der Waals surface area (Å²) in [5.74, 6) is 0.482. The lowest BCUT2D eigenvalue weighted by Gasteiger charge is -2.35. The Bertz CT molecular complexity index is 359. The van der Waals surface area contributed by atoms with Gasteiger partial charge in [-0.05, 0) is 38.0 Å². The minimum atomic E-state index is -0.892. The molecule has 1 unspecified atom stereocenters. The maximum Gasteiger partial charge on any atom is 0.234 e. The van der Waals surface area contributed by atoms with E-state index in [9.17, 15) is 4.79 Å². The third kappa shape index (κ3) is 3.89. The highest BCUT2D eigenvalue weighted by atomic mass is 16.4. The zero-order chi connectivity index (χ0) is 15.9. The summed E-state index contributed by atoms with van der Waals surface area (Å²) in [5.41, 5.74) is 4.92. The molecule has 1 fully saturated rings. The van der Waals surface area contributed by atoms with Crippen LogP contribution in [-0.2, 0) is 4.79 Å². The molecule has 0 radical (unpaired) electrons. The first-order valence-corrected chi connectivity index (χ1v) is 8.34. The van der Waals surface area contributed by atoms with Gasteiger partial charge in [0.1, 0.15) is 5.41 Å². The quantitative estimate of drug-likeness (QED) is 0.292. The van der Waals surface area contributed by atoms with E-state index in [-0.39, 0.29) is 17.8 Å². The van der Waals surface area contributed by atoms with E-state index < -0.39 is 5.41 Å². The van der Waals surface area contributed by atoms with E-state index >= 15 is 0 Å². The Morgan fingerprint density at radius 1 is 1.29 bits per heavy atom. The van der Waals surface area contributed by atoms with Crippen LogP contribution in [-0.4, -0.2) is 23.0 Å². The number of hydrogen-bond acceptors (Lipinski definition) is 3. The molecule has 1 aliphatic rings. The molecular weight excluding hydrogens is 266 g/mol. The van der Waals surface area contributed by atoms with Gasteiger partial charge in [0, 0.05) is 6.04 Å². The highest BCUT2D eigenvalue weighted by molar-refractivity contribution is 6.06. The number of rotatable bonds is 7. The fourth-order valence-electron chi connectivity index (χ4n) is 3.54. The third-order valence-corrected chi connectivity index (χ3v) is 5.21. The van der Waals surface area contributed by atoms with Crippen molar-refractivity contribution in [2.24, 2.45) is 22.2 Å². The molecule has 1 amide bonds. The maximum atomic E-state index is 12.8. The van der Waals surface area contributed by atoms with Gasteiger partial charge in [-0.1, -0.05) is 45.2 Å². The van der Waals surface area contributed by atoms with Gasteiger partial charge in [-0.25, -0.2) is 0 Å². The Kier molecular flexibility index (Phi) is 6.99. The lowest BCUT2D eigenvalue weighted by Crippen LogP contribution is -2.53. The first kappa shape index (κ1) is 17.8. The van der Waals surface area contributed by atoms with Gasteiger partial charge in [-0.3, -0.25) is 4.79 Å². The van der Waals surface area contributed by atoms with E-state index in [4.69, 9.17) is 10.9 Å². The van der Waals surface area contributed by atoms with Gasteiger partial charge in [-0.2, -0.15) is 0 Å². The summed E-state index contributed by atoms with van der Waals surface area (Å²) < 4.78 is 0. The first-order valence-electron chi connectivity index (χ1n) is 8.34. The lowest BCUT2D eigenvalue weighted by atomic mass is 9.78. The van der Waals surface area contributed by atoms with Crippen LogP contribution in [0.5, 0.6) is 0 Å². The second kappa shape index (κ2) is 8.25. The molecule has 0 aliphatic heterocycles. The summed E-state index contributed by atoms with van der Waals surface area (Å²) in [6.07, 6.45) is 8.18. The first-order chi connectivity index (χ1) is 10.1. The van der Waals surface area contributed by atoms with Crippen LogP contribution < -0.4 is 11.1 Å². The number of amides is 1. The summed E-state index contributed by atoms with van der Waals surface area (Å²) in [7, 11) is 0. The molecule has 1 rings (SSSR count). The summed E-state index contributed by atoms with van der Waals surface area (Å²) in [5, 5.41) is 15.3. The SMILES string of the molecule is CCC(NC(=O)C(CC)(CC)C(N)=NO)C1CCCCC1. The van der Waals surface area contributed by atoms with Crippen molar-refractivity contribution in [2.75, 3.05) is 0 Å². The average molecular weight is 297 g/mol. The topological polar surface area (TPSA) is 87.7 Å². The number of carbonyl (C=O) groups excluding carboxylic acids is 1. The summed E-state index contributed by atoms with van der Waals surface area (Å²) in [4.78, 5) is 12.8. The predicted molar refractivity (Wildman–Crippen MR) is 85.2 cm³/mol. The van der Waals surface area contributed by atoms with Crippen molar-refractivity contribution in [1.29, 1.82) is 0 Å². The average Bonchev–Trinajstić information content (AvgIpc) is 2.54. The van der Waals surface area contributed by atoms with Crippen LogP contribution in [0.3, 0.4) is 0 Å². The van der Waals surface area contributed by atoms with Crippen molar-refractivity contribution < 1.29 is 10.0 Å². The molecule has 21 heavy (non-hydrogen) atoms. The molecule has 1 atom stereocenters. The largest absolute Gasteiger partial charge is 0.409 e. The van der Waals surface area contributed by atoms with E-state index in [1.54, 1.807) is 0 Å². The second-order valence-corrected chi connectivity index (χ2v) is 6.16. The molecule has 0 spiro atoms. The molecule has 0 aromatic heterocycles. The molecule has 5 heteroatoms. The Balaban J connectivity index is 2.83. The van der Waals surface area contributed by atoms with E-state index in [0.717, 1.165) is 6.42 Å². The minimum Gasteiger partial charge on any atom is -0.409 e. The third-order valence-electron chi connectivity index (χ3n) is 5.21. The molecular formula is C16H31N3O2. The molecule has 1 saturated carbocycles.